The molecule has 0 unspecified atom stereocenters. The van der Waals surface area contributed by atoms with Gasteiger partial charge in [-0.1, -0.05) is 18.2 Å². The molecule has 0 spiro atoms. The molecule has 2 heterocycles. The molecule has 0 bridgehead atoms. The van der Waals surface area contributed by atoms with Crippen LogP contribution in [0, 0.1) is 6.92 Å². The van der Waals surface area contributed by atoms with Crippen LogP contribution in [0.4, 0.5) is 5.95 Å². The summed E-state index contributed by atoms with van der Waals surface area (Å²) in [5, 5.41) is 0. The summed E-state index contributed by atoms with van der Waals surface area (Å²) in [5.74, 6) is 1.32. The lowest BCUT2D eigenvalue weighted by molar-refractivity contribution is 0.301. The smallest absolute Gasteiger partial charge is 0.202 e. The van der Waals surface area contributed by atoms with Gasteiger partial charge in [0.05, 0.1) is 6.54 Å². The number of nitrogens with zero attached hydrogens (tertiary/aromatic N) is 3. The molecule has 0 radical (unpaired) electrons. The van der Waals surface area contributed by atoms with Crippen molar-refractivity contribution in [3.8, 4) is 5.75 Å². The fraction of sp³-hybridized carbons (Fsp3) is 0.200. The number of ether oxygens (including phenoxy) is 1. The molecule has 0 saturated carbocycles. The average Bonchev–Trinajstić information content (AvgIpc) is 2.78. The van der Waals surface area contributed by atoms with Crippen LogP contribution in [0.5, 0.6) is 5.75 Å². The number of nitrogen functional groups attached to an aromatic ring is 1. The lowest BCUT2D eigenvalue weighted by Gasteiger charge is -2.08. The lowest BCUT2D eigenvalue weighted by Crippen LogP contribution is -2.11. The Morgan fingerprint density at radius 1 is 1.20 bits per heavy atom. The first kappa shape index (κ1) is 12.5. The lowest BCUT2D eigenvalue weighted by atomic mass is 10.3. The molecule has 102 valence electrons. The molecule has 1 aromatic carbocycles. The Hall–Kier alpha value is -2.56. The molecule has 3 aromatic rings. The first-order valence-corrected chi connectivity index (χ1v) is 6.51. The van der Waals surface area contributed by atoms with Crippen molar-refractivity contribution < 1.29 is 4.74 Å². The normalized spacial score (nSPS) is 10.8. The Bertz CT molecular complexity index is 721. The number of rotatable bonds is 4. The third kappa shape index (κ3) is 2.30. The molecule has 0 aliphatic carbocycles. The summed E-state index contributed by atoms with van der Waals surface area (Å²) in [6, 6.07) is 11.6. The van der Waals surface area contributed by atoms with Gasteiger partial charge in [-0.15, -0.1) is 0 Å². The summed E-state index contributed by atoms with van der Waals surface area (Å²) in [7, 11) is 0. The van der Waals surface area contributed by atoms with Crippen LogP contribution >= 0.6 is 0 Å². The van der Waals surface area contributed by atoms with E-state index in [1.54, 1.807) is 6.20 Å². The van der Waals surface area contributed by atoms with E-state index in [-0.39, 0.29) is 0 Å². The molecule has 20 heavy (non-hydrogen) atoms. The van der Waals surface area contributed by atoms with E-state index in [9.17, 15) is 0 Å². The van der Waals surface area contributed by atoms with E-state index >= 15 is 0 Å². The number of nitrogens with two attached hydrogens (primary N) is 1. The van der Waals surface area contributed by atoms with Crippen molar-refractivity contribution in [3.63, 3.8) is 0 Å². The second kappa shape index (κ2) is 5.21. The van der Waals surface area contributed by atoms with Crippen LogP contribution in [-0.2, 0) is 6.54 Å². The van der Waals surface area contributed by atoms with Gasteiger partial charge < -0.3 is 10.5 Å². The van der Waals surface area contributed by atoms with Crippen molar-refractivity contribution in [2.45, 2.75) is 13.5 Å². The maximum absolute atomic E-state index is 5.96. The van der Waals surface area contributed by atoms with Gasteiger partial charge in [-0.2, -0.15) is 0 Å². The number of hydrogen-bond acceptors (Lipinski definition) is 4. The predicted molar refractivity (Wildman–Crippen MR) is 78.6 cm³/mol. The van der Waals surface area contributed by atoms with Crippen LogP contribution in [0.25, 0.3) is 11.2 Å². The molecule has 2 N–H and O–H groups in total. The Labute approximate surface area is 117 Å². The Balaban J connectivity index is 1.78. The SMILES string of the molecule is Cc1ccnc2c1nc(N)n2CCOc1ccccc1. The van der Waals surface area contributed by atoms with E-state index in [1.807, 2.05) is 47.9 Å². The monoisotopic (exact) mass is 268 g/mol. The largest absolute Gasteiger partial charge is 0.492 e. The van der Waals surface area contributed by atoms with Crippen molar-refractivity contribution in [2.24, 2.45) is 0 Å². The second-order valence-corrected chi connectivity index (χ2v) is 4.58. The molecular weight excluding hydrogens is 252 g/mol. The first-order valence-electron chi connectivity index (χ1n) is 6.51. The van der Waals surface area contributed by atoms with Crippen molar-refractivity contribution in [1.29, 1.82) is 0 Å². The number of aromatic nitrogens is 3. The van der Waals surface area contributed by atoms with Gasteiger partial charge in [-0.05, 0) is 30.7 Å². The predicted octanol–water partition coefficient (Wildman–Crippen LogP) is 2.40. The second-order valence-electron chi connectivity index (χ2n) is 4.58. The Morgan fingerprint density at radius 3 is 2.80 bits per heavy atom. The highest BCUT2D eigenvalue weighted by Crippen LogP contribution is 2.18. The van der Waals surface area contributed by atoms with Gasteiger partial charge in [-0.25, -0.2) is 9.97 Å². The van der Waals surface area contributed by atoms with Gasteiger partial charge in [0.1, 0.15) is 17.9 Å². The van der Waals surface area contributed by atoms with Crippen LogP contribution in [0.1, 0.15) is 5.56 Å². The molecule has 0 aliphatic heterocycles. The molecule has 0 amide bonds. The molecule has 0 atom stereocenters. The molecule has 2 aromatic heterocycles. The Kier molecular flexibility index (Phi) is 3.25. The third-order valence-corrected chi connectivity index (χ3v) is 3.19. The molecule has 0 saturated heterocycles. The summed E-state index contributed by atoms with van der Waals surface area (Å²) < 4.78 is 7.56. The fourth-order valence-corrected chi connectivity index (χ4v) is 2.15. The third-order valence-electron chi connectivity index (χ3n) is 3.19. The fourth-order valence-electron chi connectivity index (χ4n) is 2.15. The maximum atomic E-state index is 5.96. The summed E-state index contributed by atoms with van der Waals surface area (Å²) in [6.45, 7) is 3.14. The van der Waals surface area contributed by atoms with Gasteiger partial charge in [0.25, 0.3) is 0 Å². The van der Waals surface area contributed by atoms with Crippen molar-refractivity contribution in [1.82, 2.24) is 14.5 Å². The van der Waals surface area contributed by atoms with Crippen molar-refractivity contribution >= 4 is 17.1 Å². The number of aryl methyl sites for hydroxylation is 1. The van der Waals surface area contributed by atoms with Gasteiger partial charge in [-0.3, -0.25) is 4.57 Å². The summed E-state index contributed by atoms with van der Waals surface area (Å²) >= 11 is 0. The Morgan fingerprint density at radius 2 is 2.00 bits per heavy atom. The topological polar surface area (TPSA) is 66.0 Å². The van der Waals surface area contributed by atoms with Crippen LogP contribution in [-0.4, -0.2) is 21.1 Å². The molecular formula is C15H16N4O. The van der Waals surface area contributed by atoms with Gasteiger partial charge in [0.15, 0.2) is 5.65 Å². The highest BCUT2D eigenvalue weighted by Gasteiger charge is 2.10. The van der Waals surface area contributed by atoms with Crippen LogP contribution < -0.4 is 10.5 Å². The number of anilines is 1. The van der Waals surface area contributed by atoms with E-state index < -0.39 is 0 Å². The molecule has 0 aliphatic rings. The van der Waals surface area contributed by atoms with Crippen molar-refractivity contribution in [3.05, 3.63) is 48.2 Å². The zero-order valence-corrected chi connectivity index (χ0v) is 11.3. The van der Waals surface area contributed by atoms with Crippen molar-refractivity contribution in [2.75, 3.05) is 12.3 Å². The first-order chi connectivity index (χ1) is 9.75. The number of pyridine rings is 1. The minimum Gasteiger partial charge on any atom is -0.492 e. The summed E-state index contributed by atoms with van der Waals surface area (Å²) in [6.07, 6.45) is 1.77. The van der Waals surface area contributed by atoms with Crippen LogP contribution in [0.15, 0.2) is 42.6 Å². The van der Waals surface area contributed by atoms with Crippen LogP contribution in [0.3, 0.4) is 0 Å². The number of para-hydroxylation sites is 1. The number of hydrogen-bond donors (Lipinski definition) is 1. The van der Waals surface area contributed by atoms with E-state index in [2.05, 4.69) is 9.97 Å². The highest BCUT2D eigenvalue weighted by atomic mass is 16.5. The summed E-state index contributed by atoms with van der Waals surface area (Å²) in [5.41, 5.74) is 8.69. The number of benzene rings is 1. The van der Waals surface area contributed by atoms with Crippen LogP contribution in [0.2, 0.25) is 0 Å². The zero-order valence-electron chi connectivity index (χ0n) is 11.3. The number of imidazole rings is 1. The van der Waals surface area contributed by atoms with E-state index in [1.165, 1.54) is 0 Å². The van der Waals surface area contributed by atoms with Gasteiger partial charge >= 0.3 is 0 Å². The molecule has 3 rings (SSSR count). The molecule has 0 fully saturated rings. The van der Waals surface area contributed by atoms with E-state index in [0.29, 0.717) is 19.1 Å². The zero-order chi connectivity index (χ0) is 13.9. The molecule has 5 heteroatoms. The van der Waals surface area contributed by atoms with E-state index in [0.717, 1.165) is 22.5 Å². The quantitative estimate of drug-likeness (QED) is 0.789. The van der Waals surface area contributed by atoms with Gasteiger partial charge in [0, 0.05) is 6.20 Å². The maximum Gasteiger partial charge on any atom is 0.202 e. The average molecular weight is 268 g/mol. The summed E-state index contributed by atoms with van der Waals surface area (Å²) in [4.78, 5) is 8.71. The highest BCUT2D eigenvalue weighted by molar-refractivity contribution is 5.77. The minimum absolute atomic E-state index is 0.471. The van der Waals surface area contributed by atoms with E-state index in [4.69, 9.17) is 10.5 Å². The van der Waals surface area contributed by atoms with Gasteiger partial charge in [0.2, 0.25) is 5.95 Å². The molecule has 5 nitrogen and oxygen atoms in total. The minimum atomic E-state index is 0.471. The number of fused-ring (bicyclic) bond motifs is 1. The standard InChI is InChI=1S/C15H16N4O/c1-11-7-8-17-14-13(11)18-15(16)19(14)9-10-20-12-5-3-2-4-6-12/h2-8H,9-10H2,1H3,(H2,16,18).